The van der Waals surface area contributed by atoms with Crippen LogP contribution >= 0.6 is 0 Å². The van der Waals surface area contributed by atoms with E-state index < -0.39 is 18.5 Å². The van der Waals surface area contributed by atoms with Crippen molar-refractivity contribution in [1.82, 2.24) is 5.32 Å². The Kier molecular flexibility index (Phi) is 5.17. The molecule has 0 heterocycles. The number of phenols is 1. The highest BCUT2D eigenvalue weighted by atomic mass is 16.5. The van der Waals surface area contributed by atoms with E-state index in [9.17, 15) is 14.7 Å². The molecule has 0 unspecified atom stereocenters. The Bertz CT molecular complexity index is 948. The Morgan fingerprint density at radius 3 is 2.50 bits per heavy atom. The number of aryl methyl sites for hydroxylation is 1. The molecule has 0 bridgehead atoms. The summed E-state index contributed by atoms with van der Waals surface area (Å²) >= 11 is 0. The van der Waals surface area contributed by atoms with Crippen LogP contribution in [-0.4, -0.2) is 23.6 Å². The molecule has 3 rings (SSSR count). The van der Waals surface area contributed by atoms with Crippen molar-refractivity contribution in [3.05, 3.63) is 77.4 Å². The van der Waals surface area contributed by atoms with Crippen LogP contribution in [0.5, 0.6) is 5.75 Å². The second-order valence-corrected chi connectivity index (χ2v) is 6.02. The Morgan fingerprint density at radius 2 is 1.73 bits per heavy atom. The van der Waals surface area contributed by atoms with Crippen LogP contribution in [0.4, 0.5) is 0 Å². The monoisotopic (exact) mass is 349 g/mol. The van der Waals surface area contributed by atoms with Gasteiger partial charge in [0, 0.05) is 11.9 Å². The molecule has 3 aromatic rings. The summed E-state index contributed by atoms with van der Waals surface area (Å²) in [6.45, 7) is 1.94. The summed E-state index contributed by atoms with van der Waals surface area (Å²) in [5.41, 5.74) is 2.14. The molecule has 2 N–H and O–H groups in total. The van der Waals surface area contributed by atoms with Crippen LogP contribution in [0.15, 0.2) is 60.7 Å². The maximum Gasteiger partial charge on any atom is 0.342 e. The maximum atomic E-state index is 12.2. The molecular weight excluding hydrogens is 330 g/mol. The third-order valence-electron chi connectivity index (χ3n) is 4.07. The average Bonchev–Trinajstić information content (AvgIpc) is 2.66. The zero-order chi connectivity index (χ0) is 18.5. The number of benzene rings is 3. The van der Waals surface area contributed by atoms with Crippen LogP contribution in [0.25, 0.3) is 10.8 Å². The molecule has 26 heavy (non-hydrogen) atoms. The molecule has 0 aliphatic heterocycles. The number of nitrogens with one attached hydrogen (secondary N) is 1. The third-order valence-corrected chi connectivity index (χ3v) is 4.07. The van der Waals surface area contributed by atoms with Crippen LogP contribution in [0.1, 0.15) is 21.5 Å². The topological polar surface area (TPSA) is 75.6 Å². The summed E-state index contributed by atoms with van der Waals surface area (Å²) in [6, 6.07) is 18.2. The second-order valence-electron chi connectivity index (χ2n) is 6.02. The molecule has 1 amide bonds. The third kappa shape index (κ3) is 4.00. The summed E-state index contributed by atoms with van der Waals surface area (Å²) in [5.74, 6) is -1.29. The zero-order valence-electron chi connectivity index (χ0n) is 14.4. The first-order valence-corrected chi connectivity index (χ1v) is 8.24. The highest BCUT2D eigenvalue weighted by Crippen LogP contribution is 2.28. The van der Waals surface area contributed by atoms with E-state index in [1.165, 1.54) is 6.07 Å². The standard InChI is InChI=1S/C21H19NO4/c1-14-6-8-15(9-7-14)12-22-19(23)13-26-21(25)18-11-10-16-4-2-3-5-17(16)20(18)24/h2-11,24H,12-13H2,1H3,(H,22,23). The van der Waals surface area contributed by atoms with Gasteiger partial charge in [0.05, 0.1) is 0 Å². The van der Waals surface area contributed by atoms with Crippen molar-refractivity contribution >= 4 is 22.6 Å². The first-order chi connectivity index (χ1) is 12.5. The molecule has 132 valence electrons. The molecule has 0 aliphatic rings. The molecule has 0 saturated carbocycles. The van der Waals surface area contributed by atoms with E-state index in [1.807, 2.05) is 43.3 Å². The quantitative estimate of drug-likeness (QED) is 0.693. The second kappa shape index (κ2) is 7.70. The van der Waals surface area contributed by atoms with E-state index >= 15 is 0 Å². The fourth-order valence-corrected chi connectivity index (χ4v) is 2.59. The molecule has 5 heteroatoms. The van der Waals surface area contributed by atoms with Gasteiger partial charge in [-0.2, -0.15) is 0 Å². The molecule has 0 radical (unpaired) electrons. The van der Waals surface area contributed by atoms with Gasteiger partial charge in [-0.05, 0) is 23.9 Å². The van der Waals surface area contributed by atoms with Crippen molar-refractivity contribution in [2.24, 2.45) is 0 Å². The number of carbonyl (C=O) groups excluding carboxylic acids is 2. The number of aromatic hydroxyl groups is 1. The van der Waals surface area contributed by atoms with E-state index in [1.54, 1.807) is 18.2 Å². The van der Waals surface area contributed by atoms with Gasteiger partial charge in [-0.25, -0.2) is 4.79 Å². The molecule has 0 saturated heterocycles. The minimum atomic E-state index is -0.737. The molecule has 0 spiro atoms. The molecule has 0 aliphatic carbocycles. The van der Waals surface area contributed by atoms with Crippen molar-refractivity contribution in [1.29, 1.82) is 0 Å². The Balaban J connectivity index is 1.57. The number of hydrogen-bond donors (Lipinski definition) is 2. The van der Waals surface area contributed by atoms with Crippen molar-refractivity contribution in [3.8, 4) is 5.75 Å². The summed E-state index contributed by atoms with van der Waals surface area (Å²) < 4.78 is 5.02. The first-order valence-electron chi connectivity index (χ1n) is 8.24. The van der Waals surface area contributed by atoms with E-state index in [4.69, 9.17) is 4.74 Å². The number of hydrogen-bond acceptors (Lipinski definition) is 4. The predicted molar refractivity (Wildman–Crippen MR) is 98.9 cm³/mol. The summed E-state index contributed by atoms with van der Waals surface area (Å²) in [7, 11) is 0. The summed E-state index contributed by atoms with van der Waals surface area (Å²) in [6.07, 6.45) is 0. The normalized spacial score (nSPS) is 10.5. The van der Waals surface area contributed by atoms with Gasteiger partial charge in [0.2, 0.25) is 0 Å². The van der Waals surface area contributed by atoms with Crippen LogP contribution in [0, 0.1) is 6.92 Å². The number of fused-ring (bicyclic) bond motifs is 1. The molecule has 3 aromatic carbocycles. The number of rotatable bonds is 5. The zero-order valence-corrected chi connectivity index (χ0v) is 14.4. The van der Waals surface area contributed by atoms with Crippen LogP contribution in [0.2, 0.25) is 0 Å². The van der Waals surface area contributed by atoms with Crippen LogP contribution in [0.3, 0.4) is 0 Å². The first kappa shape index (κ1) is 17.5. The number of amides is 1. The lowest BCUT2D eigenvalue weighted by atomic mass is 10.1. The van der Waals surface area contributed by atoms with Gasteiger partial charge in [-0.3, -0.25) is 4.79 Å². The Labute approximate surface area is 151 Å². The SMILES string of the molecule is Cc1ccc(CNC(=O)COC(=O)c2ccc3ccccc3c2O)cc1. The minimum absolute atomic E-state index is 0.0371. The van der Waals surface area contributed by atoms with Gasteiger partial charge in [-0.1, -0.05) is 60.2 Å². The smallest absolute Gasteiger partial charge is 0.342 e. The molecular formula is C21H19NO4. The lowest BCUT2D eigenvalue weighted by Crippen LogP contribution is -2.28. The van der Waals surface area contributed by atoms with Crippen LogP contribution in [-0.2, 0) is 16.1 Å². The van der Waals surface area contributed by atoms with Gasteiger partial charge in [0.15, 0.2) is 6.61 Å². The fourth-order valence-electron chi connectivity index (χ4n) is 2.59. The fraction of sp³-hybridized carbons (Fsp3) is 0.143. The van der Waals surface area contributed by atoms with Crippen LogP contribution < -0.4 is 5.32 Å². The largest absolute Gasteiger partial charge is 0.506 e. The van der Waals surface area contributed by atoms with E-state index in [0.29, 0.717) is 11.9 Å². The summed E-state index contributed by atoms with van der Waals surface area (Å²) in [4.78, 5) is 24.0. The lowest BCUT2D eigenvalue weighted by Gasteiger charge is -2.09. The number of carbonyl (C=O) groups is 2. The van der Waals surface area contributed by atoms with Gasteiger partial charge in [0.1, 0.15) is 11.3 Å². The van der Waals surface area contributed by atoms with E-state index in [-0.39, 0.29) is 11.3 Å². The van der Waals surface area contributed by atoms with E-state index in [0.717, 1.165) is 16.5 Å². The van der Waals surface area contributed by atoms with Crippen molar-refractivity contribution in [3.63, 3.8) is 0 Å². The number of esters is 1. The van der Waals surface area contributed by atoms with E-state index in [2.05, 4.69) is 5.32 Å². The average molecular weight is 349 g/mol. The molecule has 0 aromatic heterocycles. The van der Waals surface area contributed by atoms with Gasteiger partial charge >= 0.3 is 5.97 Å². The molecule has 5 nitrogen and oxygen atoms in total. The lowest BCUT2D eigenvalue weighted by molar-refractivity contribution is -0.124. The van der Waals surface area contributed by atoms with Crippen molar-refractivity contribution in [2.45, 2.75) is 13.5 Å². The highest BCUT2D eigenvalue weighted by molar-refractivity contribution is 6.01. The minimum Gasteiger partial charge on any atom is -0.506 e. The summed E-state index contributed by atoms with van der Waals surface area (Å²) in [5, 5.41) is 14.3. The Morgan fingerprint density at radius 1 is 1.00 bits per heavy atom. The highest BCUT2D eigenvalue weighted by Gasteiger charge is 2.16. The maximum absolute atomic E-state index is 12.2. The molecule has 0 fully saturated rings. The molecule has 0 atom stereocenters. The van der Waals surface area contributed by atoms with Gasteiger partial charge in [-0.15, -0.1) is 0 Å². The van der Waals surface area contributed by atoms with Gasteiger partial charge < -0.3 is 15.2 Å². The Hall–Kier alpha value is -3.34. The van der Waals surface area contributed by atoms with Crippen molar-refractivity contribution < 1.29 is 19.4 Å². The number of ether oxygens (including phenoxy) is 1. The van der Waals surface area contributed by atoms with Gasteiger partial charge in [0.25, 0.3) is 5.91 Å². The van der Waals surface area contributed by atoms with Crippen molar-refractivity contribution in [2.75, 3.05) is 6.61 Å². The predicted octanol–water partition coefficient (Wildman–Crippen LogP) is 3.33. The number of phenolic OH excluding ortho intramolecular Hbond substituents is 1.